The van der Waals surface area contributed by atoms with Crippen molar-refractivity contribution >= 4 is 21.6 Å². The van der Waals surface area contributed by atoms with Crippen LogP contribution in [-0.4, -0.2) is 24.3 Å². The summed E-state index contributed by atoms with van der Waals surface area (Å²) in [5, 5.41) is 9.10. The zero-order valence-electron chi connectivity index (χ0n) is 9.78. The standard InChI is InChI=1S/C12H19BrN2O/c1-9(2)15(5-6-16)12-7-11(13)4-3-10(12)8-14/h3-4,7,9,16H,5-6,8,14H2,1-2H3. The molecule has 0 bridgehead atoms. The van der Waals surface area contributed by atoms with Gasteiger partial charge in [-0.3, -0.25) is 0 Å². The molecule has 16 heavy (non-hydrogen) atoms. The number of hydrogen-bond donors (Lipinski definition) is 2. The number of hydrogen-bond acceptors (Lipinski definition) is 3. The molecule has 3 nitrogen and oxygen atoms in total. The second-order valence-electron chi connectivity index (χ2n) is 3.99. The highest BCUT2D eigenvalue weighted by atomic mass is 79.9. The van der Waals surface area contributed by atoms with Crippen LogP contribution in [0.2, 0.25) is 0 Å². The van der Waals surface area contributed by atoms with Gasteiger partial charge >= 0.3 is 0 Å². The van der Waals surface area contributed by atoms with Crippen molar-refractivity contribution in [1.29, 1.82) is 0 Å². The Bertz CT molecular complexity index is 342. The summed E-state index contributed by atoms with van der Waals surface area (Å²) in [7, 11) is 0. The van der Waals surface area contributed by atoms with Gasteiger partial charge in [0.2, 0.25) is 0 Å². The largest absolute Gasteiger partial charge is 0.395 e. The summed E-state index contributed by atoms with van der Waals surface area (Å²) in [6, 6.07) is 6.40. The SMILES string of the molecule is CC(C)N(CCO)c1cc(Br)ccc1CN. The van der Waals surface area contributed by atoms with Crippen LogP contribution in [-0.2, 0) is 6.54 Å². The van der Waals surface area contributed by atoms with Crippen LogP contribution in [0.15, 0.2) is 22.7 Å². The quantitative estimate of drug-likeness (QED) is 0.872. The highest BCUT2D eigenvalue weighted by Gasteiger charge is 2.13. The molecule has 0 amide bonds. The van der Waals surface area contributed by atoms with Crippen LogP contribution in [0.25, 0.3) is 0 Å². The van der Waals surface area contributed by atoms with E-state index in [1.54, 1.807) is 0 Å². The number of rotatable bonds is 5. The lowest BCUT2D eigenvalue weighted by Gasteiger charge is -2.30. The summed E-state index contributed by atoms with van der Waals surface area (Å²) < 4.78 is 1.03. The lowest BCUT2D eigenvalue weighted by Crippen LogP contribution is -2.34. The summed E-state index contributed by atoms with van der Waals surface area (Å²) >= 11 is 3.46. The fourth-order valence-electron chi connectivity index (χ4n) is 1.74. The highest BCUT2D eigenvalue weighted by Crippen LogP contribution is 2.26. The maximum atomic E-state index is 9.10. The number of halogens is 1. The van der Waals surface area contributed by atoms with E-state index in [9.17, 15) is 0 Å². The van der Waals surface area contributed by atoms with Gasteiger partial charge < -0.3 is 15.7 Å². The molecule has 0 saturated carbocycles. The molecule has 1 rings (SSSR count). The Labute approximate surface area is 105 Å². The minimum absolute atomic E-state index is 0.148. The molecule has 0 atom stereocenters. The molecule has 0 aliphatic heterocycles. The molecular weight excluding hydrogens is 268 g/mol. The molecule has 0 unspecified atom stereocenters. The average molecular weight is 287 g/mol. The van der Waals surface area contributed by atoms with E-state index in [0.29, 0.717) is 19.1 Å². The highest BCUT2D eigenvalue weighted by molar-refractivity contribution is 9.10. The molecule has 0 radical (unpaired) electrons. The Kier molecular flexibility index (Phi) is 5.25. The molecule has 3 N–H and O–H groups in total. The maximum Gasteiger partial charge on any atom is 0.0606 e. The van der Waals surface area contributed by atoms with Crippen LogP contribution < -0.4 is 10.6 Å². The minimum atomic E-state index is 0.148. The van der Waals surface area contributed by atoms with E-state index < -0.39 is 0 Å². The number of nitrogens with two attached hydrogens (primary N) is 1. The average Bonchev–Trinajstić information content (AvgIpc) is 2.25. The van der Waals surface area contributed by atoms with E-state index in [0.717, 1.165) is 15.7 Å². The van der Waals surface area contributed by atoms with E-state index in [-0.39, 0.29) is 6.61 Å². The predicted octanol–water partition coefficient (Wildman–Crippen LogP) is 2.11. The molecule has 0 fully saturated rings. The molecule has 90 valence electrons. The summed E-state index contributed by atoms with van der Waals surface area (Å²) in [4.78, 5) is 2.16. The minimum Gasteiger partial charge on any atom is -0.395 e. The van der Waals surface area contributed by atoms with E-state index in [2.05, 4.69) is 40.7 Å². The van der Waals surface area contributed by atoms with E-state index in [1.165, 1.54) is 0 Å². The summed E-state index contributed by atoms with van der Waals surface area (Å²) in [6.45, 7) is 5.50. The molecule has 0 aliphatic carbocycles. The van der Waals surface area contributed by atoms with Crippen molar-refractivity contribution in [2.24, 2.45) is 5.73 Å². The molecular formula is C12H19BrN2O. The molecule has 0 spiro atoms. The summed E-state index contributed by atoms with van der Waals surface area (Å²) in [5.41, 5.74) is 7.93. The van der Waals surface area contributed by atoms with Crippen molar-refractivity contribution in [3.63, 3.8) is 0 Å². The number of benzene rings is 1. The van der Waals surface area contributed by atoms with Crippen molar-refractivity contribution in [3.8, 4) is 0 Å². The first-order chi connectivity index (χ1) is 7.60. The zero-order valence-corrected chi connectivity index (χ0v) is 11.4. The van der Waals surface area contributed by atoms with E-state index >= 15 is 0 Å². The maximum absolute atomic E-state index is 9.10. The van der Waals surface area contributed by atoms with Crippen molar-refractivity contribution in [3.05, 3.63) is 28.2 Å². The molecule has 0 aromatic heterocycles. The first-order valence-electron chi connectivity index (χ1n) is 5.46. The van der Waals surface area contributed by atoms with Gasteiger partial charge in [0.05, 0.1) is 6.61 Å². The predicted molar refractivity (Wildman–Crippen MR) is 71.6 cm³/mol. The molecule has 0 heterocycles. The van der Waals surface area contributed by atoms with E-state index in [1.807, 2.05) is 12.1 Å². The normalized spacial score (nSPS) is 10.9. The van der Waals surface area contributed by atoms with Crippen LogP contribution in [0.3, 0.4) is 0 Å². The number of aliphatic hydroxyl groups excluding tert-OH is 1. The van der Waals surface area contributed by atoms with Crippen molar-refractivity contribution in [1.82, 2.24) is 0 Å². The fraction of sp³-hybridized carbons (Fsp3) is 0.500. The first-order valence-corrected chi connectivity index (χ1v) is 6.25. The third-order valence-corrected chi connectivity index (χ3v) is 3.03. The first kappa shape index (κ1) is 13.5. The lowest BCUT2D eigenvalue weighted by atomic mass is 10.1. The number of anilines is 1. The Morgan fingerprint density at radius 2 is 2.12 bits per heavy atom. The van der Waals surface area contributed by atoms with Crippen LogP contribution in [0.4, 0.5) is 5.69 Å². The Morgan fingerprint density at radius 3 is 2.62 bits per heavy atom. The van der Waals surface area contributed by atoms with Crippen LogP contribution in [0, 0.1) is 0 Å². The molecule has 0 saturated heterocycles. The van der Waals surface area contributed by atoms with Gasteiger partial charge in [0.15, 0.2) is 0 Å². The Hall–Kier alpha value is -0.580. The molecule has 1 aromatic rings. The number of aliphatic hydroxyl groups is 1. The third kappa shape index (κ3) is 3.20. The van der Waals surface area contributed by atoms with Crippen LogP contribution in [0.1, 0.15) is 19.4 Å². The summed E-state index contributed by atoms with van der Waals surface area (Å²) in [6.07, 6.45) is 0. The number of nitrogens with zero attached hydrogens (tertiary/aromatic N) is 1. The zero-order chi connectivity index (χ0) is 12.1. The molecule has 4 heteroatoms. The smallest absolute Gasteiger partial charge is 0.0606 e. The fourth-order valence-corrected chi connectivity index (χ4v) is 2.09. The second kappa shape index (κ2) is 6.23. The van der Waals surface area contributed by atoms with Gasteiger partial charge in [-0.05, 0) is 31.5 Å². The lowest BCUT2D eigenvalue weighted by molar-refractivity contribution is 0.299. The van der Waals surface area contributed by atoms with Gasteiger partial charge in [-0.25, -0.2) is 0 Å². The van der Waals surface area contributed by atoms with Gasteiger partial charge in [0.25, 0.3) is 0 Å². The third-order valence-electron chi connectivity index (χ3n) is 2.54. The summed E-state index contributed by atoms with van der Waals surface area (Å²) in [5.74, 6) is 0. The van der Waals surface area contributed by atoms with Gasteiger partial charge in [0, 0.05) is 29.3 Å². The van der Waals surface area contributed by atoms with Crippen molar-refractivity contribution in [2.45, 2.75) is 26.4 Å². The van der Waals surface area contributed by atoms with Gasteiger partial charge in [-0.1, -0.05) is 22.0 Å². The van der Waals surface area contributed by atoms with Crippen molar-refractivity contribution < 1.29 is 5.11 Å². The van der Waals surface area contributed by atoms with E-state index in [4.69, 9.17) is 10.8 Å². The van der Waals surface area contributed by atoms with Crippen molar-refractivity contribution in [2.75, 3.05) is 18.1 Å². The molecule has 1 aromatic carbocycles. The monoisotopic (exact) mass is 286 g/mol. The van der Waals surface area contributed by atoms with Gasteiger partial charge in [-0.2, -0.15) is 0 Å². The Morgan fingerprint density at radius 1 is 1.44 bits per heavy atom. The topological polar surface area (TPSA) is 49.5 Å². The Balaban J connectivity index is 3.10. The van der Waals surface area contributed by atoms with Crippen LogP contribution in [0.5, 0.6) is 0 Å². The second-order valence-corrected chi connectivity index (χ2v) is 4.90. The van der Waals surface area contributed by atoms with Crippen LogP contribution >= 0.6 is 15.9 Å². The van der Waals surface area contributed by atoms with Gasteiger partial charge in [0.1, 0.15) is 0 Å². The van der Waals surface area contributed by atoms with Gasteiger partial charge in [-0.15, -0.1) is 0 Å². The molecule has 0 aliphatic rings.